The third-order valence-electron chi connectivity index (χ3n) is 3.38. The standard InChI is InChI=1S/C17H17NO6S/c1-23-15(12-7-4-3-5-8-12)16(19)18-25(21,22)14-10-6-9-13(11-14)17(20)24-2/h3-11,15H,1-2H3,(H,18,19). The Morgan fingerprint density at radius 3 is 2.28 bits per heavy atom. The van der Waals surface area contributed by atoms with Crippen molar-refractivity contribution in [3.05, 3.63) is 65.7 Å². The number of amides is 1. The number of rotatable bonds is 6. The van der Waals surface area contributed by atoms with E-state index in [-0.39, 0.29) is 10.5 Å². The lowest BCUT2D eigenvalue weighted by atomic mass is 10.1. The van der Waals surface area contributed by atoms with Gasteiger partial charge in [0.05, 0.1) is 17.6 Å². The molecule has 132 valence electrons. The Hall–Kier alpha value is -2.71. The van der Waals surface area contributed by atoms with Crippen LogP contribution >= 0.6 is 0 Å². The maximum atomic E-state index is 12.4. The lowest BCUT2D eigenvalue weighted by Crippen LogP contribution is -2.35. The van der Waals surface area contributed by atoms with Crippen molar-refractivity contribution in [1.29, 1.82) is 0 Å². The Bertz CT molecular complexity index is 864. The molecule has 1 N–H and O–H groups in total. The van der Waals surface area contributed by atoms with E-state index in [0.29, 0.717) is 5.56 Å². The molecule has 0 fully saturated rings. The van der Waals surface area contributed by atoms with Crippen LogP contribution in [0.3, 0.4) is 0 Å². The van der Waals surface area contributed by atoms with Crippen LogP contribution in [-0.4, -0.2) is 34.5 Å². The average Bonchev–Trinajstić information content (AvgIpc) is 2.62. The van der Waals surface area contributed by atoms with Crippen LogP contribution < -0.4 is 4.72 Å². The third kappa shape index (κ3) is 4.43. The second-order valence-corrected chi connectivity index (χ2v) is 6.70. The van der Waals surface area contributed by atoms with E-state index in [1.807, 2.05) is 4.72 Å². The molecule has 2 aromatic rings. The van der Waals surface area contributed by atoms with Crippen molar-refractivity contribution < 1.29 is 27.5 Å². The number of benzene rings is 2. The summed E-state index contributed by atoms with van der Waals surface area (Å²) in [5.41, 5.74) is 0.574. The minimum atomic E-state index is -4.17. The molecule has 0 radical (unpaired) electrons. The van der Waals surface area contributed by atoms with Gasteiger partial charge >= 0.3 is 5.97 Å². The zero-order valence-electron chi connectivity index (χ0n) is 13.6. The summed E-state index contributed by atoms with van der Waals surface area (Å²) < 4.78 is 36.5. The van der Waals surface area contributed by atoms with E-state index in [2.05, 4.69) is 4.74 Å². The zero-order valence-corrected chi connectivity index (χ0v) is 14.4. The number of methoxy groups -OCH3 is 2. The molecule has 0 bridgehead atoms. The number of hydrogen-bond donors (Lipinski definition) is 1. The minimum Gasteiger partial charge on any atom is -0.465 e. The van der Waals surface area contributed by atoms with Crippen LogP contribution in [0.1, 0.15) is 22.0 Å². The summed E-state index contributed by atoms with van der Waals surface area (Å²) in [4.78, 5) is 23.6. The maximum Gasteiger partial charge on any atom is 0.337 e. The second-order valence-electron chi connectivity index (χ2n) is 5.02. The van der Waals surface area contributed by atoms with Crippen molar-refractivity contribution in [1.82, 2.24) is 4.72 Å². The first kappa shape index (κ1) is 18.6. The molecule has 8 heteroatoms. The zero-order chi connectivity index (χ0) is 18.4. The van der Waals surface area contributed by atoms with Gasteiger partial charge < -0.3 is 9.47 Å². The Balaban J connectivity index is 2.26. The first-order chi connectivity index (χ1) is 11.9. The highest BCUT2D eigenvalue weighted by atomic mass is 32.2. The van der Waals surface area contributed by atoms with Crippen molar-refractivity contribution in [3.63, 3.8) is 0 Å². The van der Waals surface area contributed by atoms with Crippen LogP contribution in [0, 0.1) is 0 Å². The van der Waals surface area contributed by atoms with Gasteiger partial charge in [0.2, 0.25) is 0 Å². The molecule has 0 saturated carbocycles. The predicted octanol–water partition coefficient (Wildman–Crippen LogP) is 1.67. The summed E-state index contributed by atoms with van der Waals surface area (Å²) in [6.07, 6.45) is -1.08. The van der Waals surface area contributed by atoms with Gasteiger partial charge in [-0.2, -0.15) is 0 Å². The van der Waals surface area contributed by atoms with Crippen LogP contribution in [0.15, 0.2) is 59.5 Å². The van der Waals surface area contributed by atoms with Crippen molar-refractivity contribution in [2.75, 3.05) is 14.2 Å². The fourth-order valence-corrected chi connectivity index (χ4v) is 3.20. The number of ether oxygens (including phenoxy) is 2. The quantitative estimate of drug-likeness (QED) is 0.784. The van der Waals surface area contributed by atoms with Gasteiger partial charge in [0.15, 0.2) is 6.10 Å². The van der Waals surface area contributed by atoms with Gasteiger partial charge in [-0.25, -0.2) is 17.9 Å². The number of sulfonamides is 1. The monoisotopic (exact) mass is 363 g/mol. The molecule has 25 heavy (non-hydrogen) atoms. The number of hydrogen-bond acceptors (Lipinski definition) is 6. The fraction of sp³-hybridized carbons (Fsp3) is 0.176. The molecule has 0 spiro atoms. The molecular weight excluding hydrogens is 346 g/mol. The number of carbonyl (C=O) groups excluding carboxylic acids is 2. The summed E-state index contributed by atoms with van der Waals surface area (Å²) in [6, 6.07) is 13.7. The number of esters is 1. The van der Waals surface area contributed by atoms with E-state index in [4.69, 9.17) is 4.74 Å². The Morgan fingerprint density at radius 1 is 1.00 bits per heavy atom. The van der Waals surface area contributed by atoms with Crippen LogP contribution in [0.4, 0.5) is 0 Å². The lowest BCUT2D eigenvalue weighted by Gasteiger charge is -2.16. The van der Waals surface area contributed by atoms with Crippen LogP contribution in [0.25, 0.3) is 0 Å². The smallest absolute Gasteiger partial charge is 0.337 e. The van der Waals surface area contributed by atoms with Gasteiger partial charge in [0.25, 0.3) is 15.9 Å². The summed E-state index contributed by atoms with van der Waals surface area (Å²) in [6.45, 7) is 0. The van der Waals surface area contributed by atoms with E-state index >= 15 is 0 Å². The highest BCUT2D eigenvalue weighted by molar-refractivity contribution is 7.90. The summed E-state index contributed by atoms with van der Waals surface area (Å²) in [5.74, 6) is -1.51. The average molecular weight is 363 g/mol. The van der Waals surface area contributed by atoms with Crippen LogP contribution in [0.2, 0.25) is 0 Å². The fourth-order valence-electron chi connectivity index (χ4n) is 2.18. The maximum absolute atomic E-state index is 12.4. The molecule has 1 unspecified atom stereocenters. The summed E-state index contributed by atoms with van der Waals surface area (Å²) in [7, 11) is -1.68. The molecule has 0 heterocycles. The van der Waals surface area contributed by atoms with Crippen LogP contribution in [0.5, 0.6) is 0 Å². The van der Waals surface area contributed by atoms with Gasteiger partial charge in [-0.15, -0.1) is 0 Å². The predicted molar refractivity (Wildman–Crippen MR) is 89.3 cm³/mol. The molecule has 0 aliphatic carbocycles. The van der Waals surface area contributed by atoms with E-state index < -0.39 is 28.0 Å². The summed E-state index contributed by atoms with van der Waals surface area (Å²) >= 11 is 0. The van der Waals surface area contributed by atoms with Gasteiger partial charge in [-0.05, 0) is 23.8 Å². The molecule has 2 aromatic carbocycles. The molecule has 0 aliphatic heterocycles. The van der Waals surface area contributed by atoms with Crippen LogP contribution in [-0.2, 0) is 24.3 Å². The Labute approximate surface area is 145 Å². The third-order valence-corrected chi connectivity index (χ3v) is 4.72. The van der Waals surface area contributed by atoms with E-state index in [1.165, 1.54) is 32.4 Å². The van der Waals surface area contributed by atoms with E-state index in [0.717, 1.165) is 6.07 Å². The highest BCUT2D eigenvalue weighted by Crippen LogP contribution is 2.18. The second kappa shape index (κ2) is 7.91. The molecule has 0 aliphatic rings. The number of nitrogens with one attached hydrogen (secondary N) is 1. The van der Waals surface area contributed by atoms with Crippen molar-refractivity contribution in [3.8, 4) is 0 Å². The van der Waals surface area contributed by atoms with Gasteiger partial charge in [0, 0.05) is 7.11 Å². The van der Waals surface area contributed by atoms with Gasteiger partial charge in [-0.1, -0.05) is 36.4 Å². The minimum absolute atomic E-state index is 0.0594. The molecular formula is C17H17NO6S. The molecule has 1 amide bonds. The van der Waals surface area contributed by atoms with Crippen molar-refractivity contribution in [2.45, 2.75) is 11.0 Å². The largest absolute Gasteiger partial charge is 0.465 e. The van der Waals surface area contributed by atoms with E-state index in [1.54, 1.807) is 30.3 Å². The molecule has 2 rings (SSSR count). The first-order valence-electron chi connectivity index (χ1n) is 7.22. The van der Waals surface area contributed by atoms with Crippen molar-refractivity contribution in [2.24, 2.45) is 0 Å². The molecule has 0 saturated heterocycles. The molecule has 7 nitrogen and oxygen atoms in total. The lowest BCUT2D eigenvalue weighted by molar-refractivity contribution is -0.129. The van der Waals surface area contributed by atoms with Crippen molar-refractivity contribution >= 4 is 21.9 Å². The van der Waals surface area contributed by atoms with Gasteiger partial charge in [-0.3, -0.25) is 4.79 Å². The van der Waals surface area contributed by atoms with Gasteiger partial charge in [0.1, 0.15) is 0 Å². The first-order valence-corrected chi connectivity index (χ1v) is 8.70. The Morgan fingerprint density at radius 2 is 1.68 bits per heavy atom. The Kier molecular flexibility index (Phi) is 5.89. The molecule has 0 aromatic heterocycles. The number of carbonyl (C=O) groups is 2. The molecule has 1 atom stereocenters. The normalized spacial score (nSPS) is 12.2. The topological polar surface area (TPSA) is 98.8 Å². The summed E-state index contributed by atoms with van der Waals surface area (Å²) in [5, 5.41) is 0. The van der Waals surface area contributed by atoms with E-state index in [9.17, 15) is 18.0 Å². The highest BCUT2D eigenvalue weighted by Gasteiger charge is 2.26. The SMILES string of the molecule is COC(=O)c1cccc(S(=O)(=O)NC(=O)C(OC)c2ccccc2)c1.